The maximum absolute atomic E-state index is 13.3. The molecule has 2 aromatic carbocycles. The Hall–Kier alpha value is -1.74. The second-order valence-electron chi connectivity index (χ2n) is 5.35. The zero-order chi connectivity index (χ0) is 15.1. The van der Waals surface area contributed by atoms with Gasteiger partial charge in [0, 0.05) is 6.07 Å². The highest BCUT2D eigenvalue weighted by molar-refractivity contribution is 5.20. The van der Waals surface area contributed by atoms with Crippen LogP contribution in [0.25, 0.3) is 0 Å². The molecule has 1 atom stereocenters. The van der Waals surface area contributed by atoms with Crippen LogP contribution < -0.4 is 5.32 Å². The molecule has 3 heteroatoms. The molecule has 2 rings (SSSR count). The second kappa shape index (κ2) is 7.89. The molecule has 0 aromatic heterocycles. The molecule has 0 aliphatic carbocycles. The van der Waals surface area contributed by atoms with E-state index in [1.54, 1.807) is 0 Å². The van der Waals surface area contributed by atoms with Crippen molar-refractivity contribution in [3.05, 3.63) is 71.3 Å². The fraction of sp³-hybridized carbons (Fsp3) is 0.333. The van der Waals surface area contributed by atoms with Crippen LogP contribution in [0.4, 0.5) is 8.78 Å². The van der Waals surface area contributed by atoms with Gasteiger partial charge in [0.2, 0.25) is 0 Å². The number of nitrogens with one attached hydrogen (secondary N) is 1. The molecule has 0 fully saturated rings. The van der Waals surface area contributed by atoms with Gasteiger partial charge in [0.15, 0.2) is 0 Å². The number of hydrogen-bond donors (Lipinski definition) is 1. The van der Waals surface area contributed by atoms with E-state index < -0.39 is 11.6 Å². The van der Waals surface area contributed by atoms with Crippen LogP contribution in [0.2, 0.25) is 0 Å². The minimum absolute atomic E-state index is 0.313. The molecular formula is C18H21F2N. The largest absolute Gasteiger partial charge is 0.317 e. The van der Waals surface area contributed by atoms with Crippen LogP contribution in [0.3, 0.4) is 0 Å². The van der Waals surface area contributed by atoms with Gasteiger partial charge in [-0.2, -0.15) is 0 Å². The highest BCUT2D eigenvalue weighted by atomic mass is 19.1. The first-order valence-electron chi connectivity index (χ1n) is 7.37. The van der Waals surface area contributed by atoms with Gasteiger partial charge < -0.3 is 5.32 Å². The molecule has 0 bridgehead atoms. The summed E-state index contributed by atoms with van der Waals surface area (Å²) < 4.78 is 26.6. The van der Waals surface area contributed by atoms with Crippen molar-refractivity contribution < 1.29 is 8.78 Å². The van der Waals surface area contributed by atoms with Crippen molar-refractivity contribution in [2.24, 2.45) is 5.92 Å². The molecule has 0 amide bonds. The summed E-state index contributed by atoms with van der Waals surface area (Å²) in [6.07, 6.45) is 1.56. The zero-order valence-electron chi connectivity index (χ0n) is 12.3. The van der Waals surface area contributed by atoms with Gasteiger partial charge in [-0.1, -0.05) is 37.3 Å². The lowest BCUT2D eigenvalue weighted by atomic mass is 9.92. The van der Waals surface area contributed by atoms with Gasteiger partial charge in [-0.05, 0) is 55.1 Å². The summed E-state index contributed by atoms with van der Waals surface area (Å²) in [6, 6.07) is 14.0. The van der Waals surface area contributed by atoms with Gasteiger partial charge in [0.05, 0.1) is 0 Å². The number of rotatable bonds is 7. The Labute approximate surface area is 125 Å². The van der Waals surface area contributed by atoms with E-state index in [9.17, 15) is 8.78 Å². The van der Waals surface area contributed by atoms with Gasteiger partial charge in [-0.3, -0.25) is 0 Å². The van der Waals surface area contributed by atoms with E-state index in [0.717, 1.165) is 25.6 Å². The quantitative estimate of drug-likeness (QED) is 0.813. The van der Waals surface area contributed by atoms with Crippen molar-refractivity contribution >= 4 is 0 Å². The highest BCUT2D eigenvalue weighted by Crippen LogP contribution is 2.16. The maximum Gasteiger partial charge on any atom is 0.126 e. The van der Waals surface area contributed by atoms with Gasteiger partial charge >= 0.3 is 0 Å². The Bertz CT molecular complexity index is 534. The molecule has 0 aliphatic rings. The fourth-order valence-electron chi connectivity index (χ4n) is 2.57. The minimum Gasteiger partial charge on any atom is -0.317 e. The van der Waals surface area contributed by atoms with E-state index in [4.69, 9.17) is 0 Å². The third-order valence-corrected chi connectivity index (χ3v) is 3.50. The standard InChI is InChI=1S/C18H21F2N/c1-2-21-13-16(8-14-6-4-3-5-7-14)9-15-10-17(19)12-18(20)11-15/h3-7,10-12,16,21H,2,8-9,13H2,1H3. The van der Waals surface area contributed by atoms with Gasteiger partial charge in [0.25, 0.3) is 0 Å². The van der Waals surface area contributed by atoms with Crippen molar-refractivity contribution in [2.45, 2.75) is 19.8 Å². The monoisotopic (exact) mass is 289 g/mol. The molecule has 2 aromatic rings. The maximum atomic E-state index is 13.3. The van der Waals surface area contributed by atoms with Crippen LogP contribution >= 0.6 is 0 Å². The third kappa shape index (κ3) is 5.27. The molecule has 0 saturated heterocycles. The molecule has 0 spiro atoms. The molecule has 1 N–H and O–H groups in total. The third-order valence-electron chi connectivity index (χ3n) is 3.50. The average molecular weight is 289 g/mol. The lowest BCUT2D eigenvalue weighted by Gasteiger charge is -2.18. The number of benzene rings is 2. The number of halogens is 2. The SMILES string of the molecule is CCNCC(Cc1ccccc1)Cc1cc(F)cc(F)c1. The Morgan fingerprint density at radius 3 is 2.14 bits per heavy atom. The highest BCUT2D eigenvalue weighted by Gasteiger charge is 2.12. The van der Waals surface area contributed by atoms with Crippen LogP contribution in [0, 0.1) is 17.6 Å². The molecule has 1 unspecified atom stereocenters. The van der Waals surface area contributed by atoms with Crippen molar-refractivity contribution in [3.8, 4) is 0 Å². The van der Waals surface area contributed by atoms with Crippen LogP contribution in [0.15, 0.2) is 48.5 Å². The fourth-order valence-corrected chi connectivity index (χ4v) is 2.57. The minimum atomic E-state index is -0.507. The summed E-state index contributed by atoms with van der Waals surface area (Å²) in [4.78, 5) is 0. The van der Waals surface area contributed by atoms with Crippen molar-refractivity contribution in [3.63, 3.8) is 0 Å². The molecule has 21 heavy (non-hydrogen) atoms. The lowest BCUT2D eigenvalue weighted by Crippen LogP contribution is -2.25. The summed E-state index contributed by atoms with van der Waals surface area (Å²) in [5, 5.41) is 3.33. The van der Waals surface area contributed by atoms with Crippen molar-refractivity contribution in [2.75, 3.05) is 13.1 Å². The first-order valence-corrected chi connectivity index (χ1v) is 7.37. The summed E-state index contributed by atoms with van der Waals surface area (Å²) in [7, 11) is 0. The van der Waals surface area contributed by atoms with Crippen molar-refractivity contribution in [1.82, 2.24) is 5.32 Å². The average Bonchev–Trinajstić information content (AvgIpc) is 2.45. The first kappa shape index (κ1) is 15.6. The van der Waals surface area contributed by atoms with Crippen LogP contribution in [0.1, 0.15) is 18.1 Å². The van der Waals surface area contributed by atoms with Gasteiger partial charge in [0.1, 0.15) is 11.6 Å². The summed E-state index contributed by atoms with van der Waals surface area (Å²) in [5.74, 6) is -0.702. The van der Waals surface area contributed by atoms with Crippen LogP contribution in [-0.2, 0) is 12.8 Å². The predicted octanol–water partition coefficient (Wildman–Crippen LogP) is 3.98. The Kier molecular flexibility index (Phi) is 5.88. The molecule has 0 saturated carbocycles. The van der Waals surface area contributed by atoms with E-state index in [1.165, 1.54) is 17.7 Å². The summed E-state index contributed by atoms with van der Waals surface area (Å²) in [5.41, 5.74) is 1.96. The van der Waals surface area contributed by atoms with Crippen molar-refractivity contribution in [1.29, 1.82) is 0 Å². The molecule has 1 nitrogen and oxygen atoms in total. The number of hydrogen-bond acceptors (Lipinski definition) is 1. The molecule has 0 heterocycles. The lowest BCUT2D eigenvalue weighted by molar-refractivity contribution is 0.475. The first-order chi connectivity index (χ1) is 10.2. The Morgan fingerprint density at radius 2 is 1.52 bits per heavy atom. The van der Waals surface area contributed by atoms with Gasteiger partial charge in [-0.25, -0.2) is 8.78 Å². The second-order valence-corrected chi connectivity index (χ2v) is 5.35. The zero-order valence-corrected chi connectivity index (χ0v) is 12.3. The molecule has 0 aliphatic heterocycles. The molecule has 0 radical (unpaired) electrons. The molecule has 112 valence electrons. The topological polar surface area (TPSA) is 12.0 Å². The van der Waals surface area contributed by atoms with Gasteiger partial charge in [-0.15, -0.1) is 0 Å². The van der Waals surface area contributed by atoms with E-state index in [2.05, 4.69) is 24.4 Å². The van der Waals surface area contributed by atoms with Crippen LogP contribution in [0.5, 0.6) is 0 Å². The Balaban J connectivity index is 2.08. The van der Waals surface area contributed by atoms with E-state index >= 15 is 0 Å². The Morgan fingerprint density at radius 1 is 0.905 bits per heavy atom. The van der Waals surface area contributed by atoms with Crippen LogP contribution in [-0.4, -0.2) is 13.1 Å². The van der Waals surface area contributed by atoms with E-state index in [-0.39, 0.29) is 0 Å². The summed E-state index contributed by atoms with van der Waals surface area (Å²) in [6.45, 7) is 3.79. The summed E-state index contributed by atoms with van der Waals surface area (Å²) >= 11 is 0. The van der Waals surface area contributed by atoms with E-state index in [0.29, 0.717) is 17.9 Å². The normalized spacial score (nSPS) is 12.3. The van der Waals surface area contributed by atoms with E-state index in [1.807, 2.05) is 18.2 Å². The smallest absolute Gasteiger partial charge is 0.126 e. The molecular weight excluding hydrogens is 268 g/mol. The predicted molar refractivity (Wildman–Crippen MR) is 82.2 cm³/mol.